The molecule has 10 heavy (non-hydrogen) atoms. The standard InChI is InChI=1S/C8H13NS/c1-2-3-4-9-5-7-10-8-6-9/h3H,1,4-8H2. The lowest BCUT2D eigenvalue weighted by molar-refractivity contribution is 0.336. The smallest absolute Gasteiger partial charge is 0.0238 e. The normalized spacial score (nSPS) is 20.0. The molecule has 56 valence electrons. The van der Waals surface area contributed by atoms with Crippen molar-refractivity contribution in [3.8, 4) is 0 Å². The van der Waals surface area contributed by atoms with Crippen LogP contribution in [0.15, 0.2) is 18.4 Å². The molecule has 0 unspecified atom stereocenters. The highest BCUT2D eigenvalue weighted by atomic mass is 32.2. The summed E-state index contributed by atoms with van der Waals surface area (Å²) in [5.74, 6) is 2.57. The summed E-state index contributed by atoms with van der Waals surface area (Å²) in [6.45, 7) is 7.01. The predicted molar refractivity (Wildman–Crippen MR) is 47.5 cm³/mol. The van der Waals surface area contributed by atoms with Gasteiger partial charge in [0.2, 0.25) is 0 Å². The fraction of sp³-hybridized carbons (Fsp3) is 0.625. The molecule has 1 heterocycles. The molecular weight excluding hydrogens is 142 g/mol. The van der Waals surface area contributed by atoms with E-state index in [4.69, 9.17) is 0 Å². The highest BCUT2D eigenvalue weighted by molar-refractivity contribution is 7.99. The van der Waals surface area contributed by atoms with Gasteiger partial charge in [0.25, 0.3) is 0 Å². The number of thioether (sulfide) groups is 1. The van der Waals surface area contributed by atoms with Gasteiger partial charge in [0.1, 0.15) is 0 Å². The summed E-state index contributed by atoms with van der Waals surface area (Å²) >= 11 is 2.04. The lowest BCUT2D eigenvalue weighted by Gasteiger charge is -2.24. The van der Waals surface area contributed by atoms with E-state index in [1.807, 2.05) is 17.8 Å². The lowest BCUT2D eigenvalue weighted by Crippen LogP contribution is -2.32. The Balaban J connectivity index is 2.19. The first-order valence-corrected chi connectivity index (χ1v) is 4.73. The van der Waals surface area contributed by atoms with Crippen molar-refractivity contribution in [1.82, 2.24) is 4.90 Å². The van der Waals surface area contributed by atoms with Crippen LogP contribution in [0.1, 0.15) is 0 Å². The number of hydrogen-bond acceptors (Lipinski definition) is 2. The van der Waals surface area contributed by atoms with Crippen LogP contribution in [-0.4, -0.2) is 36.0 Å². The highest BCUT2D eigenvalue weighted by Gasteiger charge is 2.07. The van der Waals surface area contributed by atoms with Crippen LogP contribution in [0.25, 0.3) is 0 Å². The summed E-state index contributed by atoms with van der Waals surface area (Å²) in [6, 6.07) is 0. The molecule has 1 aliphatic heterocycles. The van der Waals surface area contributed by atoms with Crippen LogP contribution in [0.4, 0.5) is 0 Å². The van der Waals surface area contributed by atoms with E-state index in [0.717, 1.165) is 6.54 Å². The molecule has 1 rings (SSSR count). The molecule has 1 fully saturated rings. The quantitative estimate of drug-likeness (QED) is 0.554. The number of nitrogens with zero attached hydrogens (tertiary/aromatic N) is 1. The van der Waals surface area contributed by atoms with Gasteiger partial charge in [0.05, 0.1) is 0 Å². The summed E-state index contributed by atoms with van der Waals surface area (Å²) in [5, 5.41) is 0. The Morgan fingerprint density at radius 2 is 2.20 bits per heavy atom. The van der Waals surface area contributed by atoms with Gasteiger partial charge in [-0.15, -0.1) is 5.73 Å². The zero-order valence-electron chi connectivity index (χ0n) is 6.18. The molecule has 0 amide bonds. The Morgan fingerprint density at radius 3 is 2.80 bits per heavy atom. The monoisotopic (exact) mass is 155 g/mol. The van der Waals surface area contributed by atoms with Crippen LogP contribution >= 0.6 is 11.8 Å². The topological polar surface area (TPSA) is 3.24 Å². The van der Waals surface area contributed by atoms with Crippen LogP contribution < -0.4 is 0 Å². The Kier molecular flexibility index (Phi) is 3.66. The van der Waals surface area contributed by atoms with Gasteiger partial charge < -0.3 is 0 Å². The van der Waals surface area contributed by atoms with Crippen molar-refractivity contribution in [1.29, 1.82) is 0 Å². The number of rotatable bonds is 2. The zero-order chi connectivity index (χ0) is 7.23. The fourth-order valence-corrected chi connectivity index (χ4v) is 1.96. The second kappa shape index (κ2) is 4.62. The molecule has 0 aromatic carbocycles. The Bertz CT molecular complexity index is 132. The second-order valence-electron chi connectivity index (χ2n) is 2.32. The maximum absolute atomic E-state index is 3.53. The molecule has 0 atom stereocenters. The summed E-state index contributed by atoms with van der Waals surface area (Å²) in [6.07, 6.45) is 2.00. The van der Waals surface area contributed by atoms with Crippen LogP contribution in [-0.2, 0) is 0 Å². The molecule has 1 aliphatic rings. The molecule has 0 saturated carbocycles. The predicted octanol–water partition coefficient (Wildman–Crippen LogP) is 1.38. The maximum atomic E-state index is 3.53. The molecule has 2 heteroatoms. The van der Waals surface area contributed by atoms with E-state index < -0.39 is 0 Å². The molecule has 0 spiro atoms. The Hall–Kier alpha value is -0.170. The molecular formula is C8H13NS. The molecule has 0 N–H and O–H groups in total. The molecule has 0 aromatic rings. The van der Waals surface area contributed by atoms with Crippen LogP contribution in [0, 0.1) is 0 Å². The first kappa shape index (κ1) is 7.93. The average molecular weight is 155 g/mol. The van der Waals surface area contributed by atoms with Crippen molar-refractivity contribution >= 4 is 11.8 Å². The molecule has 0 radical (unpaired) electrons. The lowest BCUT2D eigenvalue weighted by atomic mass is 10.4. The molecule has 0 bridgehead atoms. The van der Waals surface area contributed by atoms with E-state index in [9.17, 15) is 0 Å². The van der Waals surface area contributed by atoms with E-state index >= 15 is 0 Å². The summed E-state index contributed by atoms with van der Waals surface area (Å²) in [4.78, 5) is 2.43. The summed E-state index contributed by atoms with van der Waals surface area (Å²) in [7, 11) is 0. The minimum Gasteiger partial charge on any atom is -0.297 e. The van der Waals surface area contributed by atoms with Crippen molar-refractivity contribution < 1.29 is 0 Å². The minimum absolute atomic E-state index is 1.03. The largest absolute Gasteiger partial charge is 0.297 e. The maximum Gasteiger partial charge on any atom is 0.0238 e. The fourth-order valence-electron chi connectivity index (χ4n) is 0.977. The van der Waals surface area contributed by atoms with Crippen molar-refractivity contribution in [3.05, 3.63) is 18.4 Å². The van der Waals surface area contributed by atoms with Gasteiger partial charge in [-0.1, -0.05) is 6.58 Å². The van der Waals surface area contributed by atoms with Crippen molar-refractivity contribution in [3.63, 3.8) is 0 Å². The van der Waals surface area contributed by atoms with Crippen LogP contribution in [0.5, 0.6) is 0 Å². The van der Waals surface area contributed by atoms with E-state index in [1.54, 1.807) is 0 Å². The third-order valence-electron chi connectivity index (χ3n) is 1.60. The van der Waals surface area contributed by atoms with E-state index in [2.05, 4.69) is 17.2 Å². The molecule has 1 saturated heterocycles. The average Bonchev–Trinajstić information content (AvgIpc) is 2.03. The molecule has 0 aromatic heterocycles. The van der Waals surface area contributed by atoms with Crippen molar-refractivity contribution in [2.75, 3.05) is 31.1 Å². The van der Waals surface area contributed by atoms with Crippen LogP contribution in [0.3, 0.4) is 0 Å². The van der Waals surface area contributed by atoms with Gasteiger partial charge in [0.15, 0.2) is 0 Å². The first-order chi connectivity index (χ1) is 4.93. The van der Waals surface area contributed by atoms with E-state index in [0.29, 0.717) is 0 Å². The molecule has 0 aliphatic carbocycles. The SMILES string of the molecule is C=C=CCN1CCSCC1. The van der Waals surface area contributed by atoms with Crippen molar-refractivity contribution in [2.45, 2.75) is 0 Å². The highest BCUT2D eigenvalue weighted by Crippen LogP contribution is 2.07. The Morgan fingerprint density at radius 1 is 1.50 bits per heavy atom. The van der Waals surface area contributed by atoms with Gasteiger partial charge in [-0.05, 0) is 6.08 Å². The molecule has 1 nitrogen and oxygen atoms in total. The Labute approximate surface area is 66.8 Å². The van der Waals surface area contributed by atoms with E-state index in [1.165, 1.54) is 24.6 Å². The minimum atomic E-state index is 1.03. The van der Waals surface area contributed by atoms with Gasteiger partial charge in [-0.2, -0.15) is 11.8 Å². The van der Waals surface area contributed by atoms with Crippen molar-refractivity contribution in [2.24, 2.45) is 0 Å². The second-order valence-corrected chi connectivity index (χ2v) is 3.55. The van der Waals surface area contributed by atoms with Gasteiger partial charge >= 0.3 is 0 Å². The van der Waals surface area contributed by atoms with Gasteiger partial charge in [-0.25, -0.2) is 0 Å². The number of hydrogen-bond donors (Lipinski definition) is 0. The van der Waals surface area contributed by atoms with E-state index in [-0.39, 0.29) is 0 Å². The van der Waals surface area contributed by atoms with Gasteiger partial charge in [-0.3, -0.25) is 4.90 Å². The van der Waals surface area contributed by atoms with Crippen LogP contribution in [0.2, 0.25) is 0 Å². The first-order valence-electron chi connectivity index (χ1n) is 3.58. The summed E-state index contributed by atoms with van der Waals surface area (Å²) < 4.78 is 0. The van der Waals surface area contributed by atoms with Gasteiger partial charge in [0, 0.05) is 31.1 Å². The zero-order valence-corrected chi connectivity index (χ0v) is 6.99. The summed E-state index contributed by atoms with van der Waals surface area (Å²) in [5.41, 5.74) is 2.79. The third kappa shape index (κ3) is 2.61. The third-order valence-corrected chi connectivity index (χ3v) is 2.54.